The van der Waals surface area contributed by atoms with Crippen LogP contribution in [0.25, 0.3) is 0 Å². The molecule has 0 saturated carbocycles. The first kappa shape index (κ1) is 21.0. The first-order valence-corrected chi connectivity index (χ1v) is 7.37. The minimum Gasteiger partial charge on any atom is -0.314 e. The lowest BCUT2D eigenvalue weighted by Gasteiger charge is -2.35. The van der Waals surface area contributed by atoms with Gasteiger partial charge in [0.05, 0.1) is 0 Å². The van der Waals surface area contributed by atoms with Gasteiger partial charge in [-0.3, -0.25) is 4.90 Å². The third kappa shape index (κ3) is 6.35. The summed E-state index contributed by atoms with van der Waals surface area (Å²) in [5.41, 5.74) is 2.36. The van der Waals surface area contributed by atoms with E-state index in [1.165, 1.54) is 11.1 Å². The van der Waals surface area contributed by atoms with Gasteiger partial charge in [-0.15, -0.1) is 31.4 Å². The summed E-state index contributed by atoms with van der Waals surface area (Å²) in [5, 5.41) is 4.78. The highest BCUT2D eigenvalue weighted by molar-refractivity contribution is 6.34. The van der Waals surface area contributed by atoms with Crippen LogP contribution >= 0.6 is 48.0 Å². The zero-order chi connectivity index (χ0) is 13.8. The largest absolute Gasteiger partial charge is 0.314 e. The van der Waals surface area contributed by atoms with Crippen molar-refractivity contribution in [3.05, 3.63) is 46.0 Å². The standard InChI is InChI=1S/C15H20Cl2N2.2ClH/c1-11(2)7-15(19-5-3-18-4-6-19)12-8-13(16)10-14(17)9-12;;/h8-10,15,18H,1,3-7H2,2H3;2*1H/t15-;;/m1../s1. The fraction of sp³-hybridized carbons (Fsp3) is 0.467. The molecule has 21 heavy (non-hydrogen) atoms. The Morgan fingerprint density at radius 1 is 1.19 bits per heavy atom. The summed E-state index contributed by atoms with van der Waals surface area (Å²) in [7, 11) is 0. The molecule has 1 aromatic carbocycles. The number of nitrogens with zero attached hydrogens (tertiary/aromatic N) is 1. The van der Waals surface area contributed by atoms with Crippen molar-refractivity contribution in [2.24, 2.45) is 0 Å². The maximum atomic E-state index is 6.13. The lowest BCUT2D eigenvalue weighted by atomic mass is 9.98. The third-order valence-corrected chi connectivity index (χ3v) is 3.84. The number of hydrogen-bond donors (Lipinski definition) is 1. The molecule has 0 radical (unpaired) electrons. The Morgan fingerprint density at radius 3 is 2.19 bits per heavy atom. The number of rotatable bonds is 4. The Bertz CT molecular complexity index is 439. The maximum Gasteiger partial charge on any atom is 0.0424 e. The maximum absolute atomic E-state index is 6.13. The topological polar surface area (TPSA) is 15.3 Å². The van der Waals surface area contributed by atoms with Crippen LogP contribution in [0.4, 0.5) is 0 Å². The van der Waals surface area contributed by atoms with E-state index in [2.05, 4.69) is 23.7 Å². The van der Waals surface area contributed by atoms with E-state index in [1.807, 2.05) is 12.1 Å². The van der Waals surface area contributed by atoms with Gasteiger partial charge in [0.25, 0.3) is 0 Å². The number of benzene rings is 1. The van der Waals surface area contributed by atoms with E-state index in [4.69, 9.17) is 23.2 Å². The number of nitrogens with one attached hydrogen (secondary N) is 1. The van der Waals surface area contributed by atoms with Crippen molar-refractivity contribution in [3.63, 3.8) is 0 Å². The van der Waals surface area contributed by atoms with Crippen LogP contribution in [0, 0.1) is 0 Å². The van der Waals surface area contributed by atoms with Gasteiger partial charge in [-0.05, 0) is 37.1 Å². The molecule has 1 aliphatic rings. The zero-order valence-electron chi connectivity index (χ0n) is 12.1. The summed E-state index contributed by atoms with van der Waals surface area (Å²) in [4.78, 5) is 2.48. The van der Waals surface area contributed by atoms with Crippen LogP contribution in [-0.2, 0) is 0 Å². The van der Waals surface area contributed by atoms with Crippen molar-refractivity contribution in [1.29, 1.82) is 0 Å². The van der Waals surface area contributed by atoms with Gasteiger partial charge in [0.2, 0.25) is 0 Å². The van der Waals surface area contributed by atoms with Gasteiger partial charge in [0, 0.05) is 42.3 Å². The normalized spacial score (nSPS) is 16.5. The molecule has 2 rings (SSSR count). The van der Waals surface area contributed by atoms with E-state index in [9.17, 15) is 0 Å². The van der Waals surface area contributed by atoms with E-state index in [0.29, 0.717) is 16.1 Å². The SMILES string of the molecule is C=C(C)C[C@H](c1cc(Cl)cc(Cl)c1)N1CCNCC1.Cl.Cl. The third-order valence-electron chi connectivity index (χ3n) is 3.40. The molecule has 1 atom stereocenters. The Hall–Kier alpha value is 0.0400. The van der Waals surface area contributed by atoms with Crippen LogP contribution in [0.5, 0.6) is 0 Å². The van der Waals surface area contributed by atoms with Crippen molar-refractivity contribution in [3.8, 4) is 0 Å². The highest BCUT2D eigenvalue weighted by atomic mass is 35.5. The van der Waals surface area contributed by atoms with Crippen LogP contribution in [0.2, 0.25) is 10.0 Å². The summed E-state index contributed by atoms with van der Waals surface area (Å²) >= 11 is 12.3. The number of halogens is 4. The number of piperazine rings is 1. The predicted molar refractivity (Wildman–Crippen MR) is 97.6 cm³/mol. The zero-order valence-corrected chi connectivity index (χ0v) is 15.2. The molecule has 2 nitrogen and oxygen atoms in total. The molecule has 1 saturated heterocycles. The Labute approximate surface area is 149 Å². The van der Waals surface area contributed by atoms with Crippen molar-refractivity contribution < 1.29 is 0 Å². The quantitative estimate of drug-likeness (QED) is 0.768. The van der Waals surface area contributed by atoms with Gasteiger partial charge in [-0.1, -0.05) is 28.8 Å². The Kier molecular flexibility index (Phi) is 9.96. The van der Waals surface area contributed by atoms with E-state index >= 15 is 0 Å². The van der Waals surface area contributed by atoms with Gasteiger partial charge in [-0.25, -0.2) is 0 Å². The van der Waals surface area contributed by atoms with Crippen molar-refractivity contribution in [2.75, 3.05) is 26.2 Å². The minimum absolute atomic E-state index is 0. The van der Waals surface area contributed by atoms with Gasteiger partial charge in [0.15, 0.2) is 0 Å². The smallest absolute Gasteiger partial charge is 0.0424 e. The van der Waals surface area contributed by atoms with Crippen LogP contribution in [0.1, 0.15) is 24.9 Å². The first-order chi connectivity index (χ1) is 9.06. The minimum atomic E-state index is 0. The van der Waals surface area contributed by atoms with Crippen LogP contribution in [0.15, 0.2) is 30.4 Å². The van der Waals surface area contributed by atoms with E-state index in [1.54, 1.807) is 6.07 Å². The van der Waals surface area contributed by atoms with Gasteiger partial charge in [0.1, 0.15) is 0 Å². The molecule has 0 amide bonds. The molecule has 6 heteroatoms. The van der Waals surface area contributed by atoms with Crippen molar-refractivity contribution in [2.45, 2.75) is 19.4 Å². The molecule has 1 aromatic rings. The van der Waals surface area contributed by atoms with Crippen LogP contribution < -0.4 is 5.32 Å². The molecule has 1 fully saturated rings. The summed E-state index contributed by atoms with van der Waals surface area (Å²) in [5.74, 6) is 0. The fourth-order valence-corrected chi connectivity index (χ4v) is 3.09. The second-order valence-electron chi connectivity index (χ2n) is 5.17. The molecule has 1 N–H and O–H groups in total. The Morgan fingerprint density at radius 2 is 1.71 bits per heavy atom. The average Bonchev–Trinajstić information content (AvgIpc) is 2.35. The first-order valence-electron chi connectivity index (χ1n) is 6.61. The summed E-state index contributed by atoms with van der Waals surface area (Å²) in [6.07, 6.45) is 0.941. The molecule has 0 aliphatic carbocycles. The fourth-order valence-electron chi connectivity index (χ4n) is 2.55. The molecule has 0 aromatic heterocycles. The van der Waals surface area contributed by atoms with E-state index < -0.39 is 0 Å². The van der Waals surface area contributed by atoms with E-state index in [-0.39, 0.29) is 24.8 Å². The molecule has 0 bridgehead atoms. The van der Waals surface area contributed by atoms with Gasteiger partial charge in [-0.2, -0.15) is 0 Å². The summed E-state index contributed by atoms with van der Waals surface area (Å²) in [6, 6.07) is 6.13. The summed E-state index contributed by atoms with van der Waals surface area (Å²) < 4.78 is 0. The second-order valence-corrected chi connectivity index (χ2v) is 6.04. The molecule has 1 aliphatic heterocycles. The van der Waals surface area contributed by atoms with Crippen LogP contribution in [-0.4, -0.2) is 31.1 Å². The van der Waals surface area contributed by atoms with Gasteiger partial charge < -0.3 is 5.32 Å². The second kappa shape index (κ2) is 9.94. The summed E-state index contributed by atoms with van der Waals surface area (Å²) in [6.45, 7) is 10.3. The highest BCUT2D eigenvalue weighted by Gasteiger charge is 2.22. The molecule has 1 heterocycles. The molecule has 120 valence electrons. The molecule has 0 unspecified atom stereocenters. The molecular weight excluding hydrogens is 350 g/mol. The number of hydrogen-bond acceptors (Lipinski definition) is 2. The van der Waals surface area contributed by atoms with Crippen molar-refractivity contribution >= 4 is 48.0 Å². The highest BCUT2D eigenvalue weighted by Crippen LogP contribution is 2.31. The van der Waals surface area contributed by atoms with Crippen LogP contribution in [0.3, 0.4) is 0 Å². The predicted octanol–water partition coefficient (Wildman–Crippen LogP) is 4.75. The Balaban J connectivity index is 0.00000200. The van der Waals surface area contributed by atoms with E-state index in [0.717, 1.165) is 32.6 Å². The average molecular weight is 372 g/mol. The van der Waals surface area contributed by atoms with Gasteiger partial charge >= 0.3 is 0 Å². The molecular formula is C15H22Cl4N2. The lowest BCUT2D eigenvalue weighted by molar-refractivity contribution is 0.172. The monoisotopic (exact) mass is 370 g/mol. The molecule has 0 spiro atoms. The van der Waals surface area contributed by atoms with Crippen molar-refractivity contribution in [1.82, 2.24) is 10.2 Å². The lowest BCUT2D eigenvalue weighted by Crippen LogP contribution is -2.45.